The van der Waals surface area contributed by atoms with E-state index in [1.54, 1.807) is 0 Å². The first kappa shape index (κ1) is 18.8. The standard InChI is InChI=1S/C18H15Se.ClHO4/c1-14-12-17(15-8-4-2-5-9-15)19-18(13-14)16-10-6-3-7-11-16;2-1(3,4)5/h2-13H,1H3;(H,2,3,4,5)/q+1;/p-1. The zero-order valence-electron chi connectivity index (χ0n) is 12.8. The third kappa shape index (κ3) is 6.51. The largest absolute Gasteiger partial charge is 0.222 e. The van der Waals surface area contributed by atoms with E-state index in [0.29, 0.717) is 14.5 Å². The van der Waals surface area contributed by atoms with E-state index >= 15 is 0 Å². The molecule has 0 unspecified atom stereocenters. The maximum Gasteiger partial charge on any atom is -0.112 e. The molecule has 1 heterocycles. The first-order chi connectivity index (χ1) is 11.3. The van der Waals surface area contributed by atoms with Crippen molar-refractivity contribution in [3.63, 3.8) is 0 Å². The third-order valence-corrected chi connectivity index (χ3v) is 5.46. The van der Waals surface area contributed by atoms with E-state index in [9.17, 15) is 0 Å². The van der Waals surface area contributed by atoms with Crippen molar-refractivity contribution in [1.29, 1.82) is 0 Å². The summed E-state index contributed by atoms with van der Waals surface area (Å²) in [7, 11) is -4.94. The molecule has 0 saturated heterocycles. The summed E-state index contributed by atoms with van der Waals surface area (Å²) in [5, 5.41) is 0. The van der Waals surface area contributed by atoms with Crippen molar-refractivity contribution < 1.29 is 28.9 Å². The summed E-state index contributed by atoms with van der Waals surface area (Å²) in [5.74, 6) is 0. The van der Waals surface area contributed by atoms with Crippen LogP contribution in [0.15, 0.2) is 72.8 Å². The van der Waals surface area contributed by atoms with Crippen LogP contribution in [-0.4, -0.2) is 14.5 Å². The minimum atomic E-state index is -4.94. The Kier molecular flexibility index (Phi) is 6.66. The molecule has 3 rings (SSSR count). The molecule has 0 atom stereocenters. The van der Waals surface area contributed by atoms with Crippen molar-refractivity contribution in [2.75, 3.05) is 0 Å². The fourth-order valence-corrected chi connectivity index (χ4v) is 4.71. The minimum Gasteiger partial charge on any atom is -0.222 e. The van der Waals surface area contributed by atoms with Crippen LogP contribution < -0.4 is 18.6 Å². The van der Waals surface area contributed by atoms with Crippen LogP contribution in [0.5, 0.6) is 0 Å². The smallest absolute Gasteiger partial charge is 0.112 e. The topological polar surface area (TPSA) is 92.2 Å². The summed E-state index contributed by atoms with van der Waals surface area (Å²) in [5.41, 5.74) is 4.04. The number of rotatable bonds is 2. The molecule has 0 aliphatic heterocycles. The number of benzene rings is 2. The molecule has 2 aromatic carbocycles. The average molecular weight is 410 g/mol. The van der Waals surface area contributed by atoms with Gasteiger partial charge in [0, 0.05) is 0 Å². The first-order valence-electron chi connectivity index (χ1n) is 7.00. The number of hydrogen-bond acceptors (Lipinski definition) is 4. The molecule has 6 heteroatoms. The second kappa shape index (κ2) is 8.51. The summed E-state index contributed by atoms with van der Waals surface area (Å²) in [6, 6.07) is 26.1. The molecular weight excluding hydrogens is 395 g/mol. The fraction of sp³-hybridized carbons (Fsp3) is 0.0556. The van der Waals surface area contributed by atoms with E-state index in [0.717, 1.165) is 0 Å². The van der Waals surface area contributed by atoms with Crippen molar-refractivity contribution in [1.82, 2.24) is 0 Å². The molecule has 4 nitrogen and oxygen atoms in total. The van der Waals surface area contributed by atoms with Crippen LogP contribution in [0.4, 0.5) is 0 Å². The molecule has 3 aromatic rings. The van der Waals surface area contributed by atoms with Gasteiger partial charge in [0.05, 0.1) is 0 Å². The van der Waals surface area contributed by atoms with Gasteiger partial charge in [-0.05, 0) is 0 Å². The zero-order chi connectivity index (χ0) is 17.6. The van der Waals surface area contributed by atoms with Crippen LogP contribution in [0.1, 0.15) is 5.56 Å². The van der Waals surface area contributed by atoms with Gasteiger partial charge in [0.1, 0.15) is 0 Å². The molecule has 24 heavy (non-hydrogen) atoms. The van der Waals surface area contributed by atoms with Crippen LogP contribution in [0.25, 0.3) is 20.0 Å². The van der Waals surface area contributed by atoms with Gasteiger partial charge in [0.2, 0.25) is 0 Å². The Hall–Kier alpha value is -1.56. The molecule has 0 saturated carbocycles. The van der Waals surface area contributed by atoms with Gasteiger partial charge in [-0.25, -0.2) is 18.6 Å². The second-order valence-electron chi connectivity index (χ2n) is 4.97. The Labute approximate surface area is 148 Å². The Morgan fingerprint density at radius 2 is 1.00 bits per heavy atom. The van der Waals surface area contributed by atoms with E-state index in [1.807, 2.05) is 0 Å². The van der Waals surface area contributed by atoms with Gasteiger partial charge in [-0.3, -0.25) is 0 Å². The maximum absolute atomic E-state index is 8.49. The summed E-state index contributed by atoms with van der Waals surface area (Å²) in [4.78, 5) is 0. The molecule has 0 radical (unpaired) electrons. The van der Waals surface area contributed by atoms with Crippen LogP contribution in [-0.2, 0) is 0 Å². The van der Waals surface area contributed by atoms with Crippen LogP contribution in [0.3, 0.4) is 0 Å². The van der Waals surface area contributed by atoms with Crippen LogP contribution in [0.2, 0.25) is 0 Å². The SMILES string of the molecule is Cc1cc(-c2ccccc2)[se+]c(-c2ccccc2)c1.[O-][Cl+3]([O-])([O-])[O-]. The molecule has 0 aliphatic rings. The number of aryl methyl sites for hydroxylation is 1. The molecule has 124 valence electrons. The normalized spacial score (nSPS) is 10.7. The summed E-state index contributed by atoms with van der Waals surface area (Å²) in [6.45, 7) is 2.18. The number of halogens is 1. The molecule has 0 N–H and O–H groups in total. The summed E-state index contributed by atoms with van der Waals surface area (Å²) in [6.07, 6.45) is 0. The van der Waals surface area contributed by atoms with E-state index in [4.69, 9.17) is 18.6 Å². The predicted molar refractivity (Wildman–Crippen MR) is 83.4 cm³/mol. The van der Waals surface area contributed by atoms with Crippen LogP contribution >= 0.6 is 0 Å². The van der Waals surface area contributed by atoms with E-state index in [1.165, 1.54) is 25.6 Å². The van der Waals surface area contributed by atoms with Gasteiger partial charge in [0.25, 0.3) is 0 Å². The van der Waals surface area contributed by atoms with Crippen molar-refractivity contribution >= 4 is 14.5 Å². The second-order valence-corrected chi connectivity index (χ2v) is 8.00. The number of hydrogen-bond donors (Lipinski definition) is 0. The quantitative estimate of drug-likeness (QED) is 0.553. The molecule has 0 amide bonds. The van der Waals surface area contributed by atoms with E-state index in [2.05, 4.69) is 79.7 Å². The van der Waals surface area contributed by atoms with Crippen LogP contribution in [0, 0.1) is 17.2 Å². The van der Waals surface area contributed by atoms with Crippen molar-refractivity contribution in [2.45, 2.75) is 6.92 Å². The molecule has 0 spiro atoms. The summed E-state index contributed by atoms with van der Waals surface area (Å²) < 4.78 is 36.9. The van der Waals surface area contributed by atoms with Gasteiger partial charge in [-0.1, -0.05) is 0 Å². The van der Waals surface area contributed by atoms with Crippen molar-refractivity contribution in [3.05, 3.63) is 78.4 Å². The summed E-state index contributed by atoms with van der Waals surface area (Å²) >= 11 is 0.377. The van der Waals surface area contributed by atoms with Gasteiger partial charge < -0.3 is 0 Å². The molecule has 0 fully saturated rings. The zero-order valence-corrected chi connectivity index (χ0v) is 15.3. The Morgan fingerprint density at radius 3 is 1.33 bits per heavy atom. The molecular formula is C18H15ClO4Se. The molecule has 1 aromatic heterocycles. The Morgan fingerprint density at radius 1 is 0.667 bits per heavy atom. The van der Waals surface area contributed by atoms with Gasteiger partial charge in [-0.2, -0.15) is 0 Å². The maximum atomic E-state index is 8.49. The van der Waals surface area contributed by atoms with E-state index in [-0.39, 0.29) is 0 Å². The van der Waals surface area contributed by atoms with Crippen molar-refractivity contribution in [3.8, 4) is 20.0 Å². The minimum absolute atomic E-state index is 0.377. The van der Waals surface area contributed by atoms with E-state index < -0.39 is 10.2 Å². The molecule has 0 bridgehead atoms. The Bertz CT molecular complexity index is 710. The first-order valence-corrected chi connectivity index (χ1v) is 9.95. The average Bonchev–Trinajstić information content (AvgIpc) is 2.54. The van der Waals surface area contributed by atoms with Crippen molar-refractivity contribution in [2.24, 2.45) is 0 Å². The monoisotopic (exact) mass is 410 g/mol. The predicted octanol–water partition coefficient (Wildman–Crippen LogP) is -0.0889. The van der Waals surface area contributed by atoms with Gasteiger partial charge in [0.15, 0.2) is 0 Å². The van der Waals surface area contributed by atoms with Gasteiger partial charge in [-0.15, -0.1) is 10.2 Å². The Balaban J connectivity index is 0.000000368. The van der Waals surface area contributed by atoms with Gasteiger partial charge >= 0.3 is 120 Å². The fourth-order valence-electron chi connectivity index (χ4n) is 2.12. The third-order valence-electron chi connectivity index (χ3n) is 3.05. The molecule has 0 aliphatic carbocycles.